The second kappa shape index (κ2) is 6.19. The molecule has 4 aliphatic rings. The van der Waals surface area contributed by atoms with Crippen molar-refractivity contribution in [2.45, 2.75) is 78.1 Å². The molecule has 1 fully saturated rings. The Balaban J connectivity index is 1.84. The Labute approximate surface area is 173 Å². The molecular weight excluding hydrogens is 370 g/mol. The molecule has 3 aliphatic heterocycles. The van der Waals surface area contributed by atoms with Gasteiger partial charge in [0, 0.05) is 0 Å². The summed E-state index contributed by atoms with van der Waals surface area (Å²) in [6.45, 7) is 17.9. The van der Waals surface area contributed by atoms with Gasteiger partial charge in [-0.15, -0.1) is 0 Å². The fourth-order valence-corrected chi connectivity index (χ4v) is 4.76. The fourth-order valence-electron chi connectivity index (χ4n) is 4.76. The molecule has 29 heavy (non-hydrogen) atoms. The molecule has 1 N–H and O–H groups in total. The molecule has 3 heterocycles. The molecule has 0 bridgehead atoms. The van der Waals surface area contributed by atoms with Gasteiger partial charge in [0.1, 0.15) is 19.8 Å². The average Bonchev–Trinajstić information content (AvgIpc) is 2.83. The standard InChI is InChI=1S/C22H35N3O4/c1-12(2)15(26)22(18-25-21(7,8)11-29-18)13(16-23-19(3,4)9-27-16)14(22)17-24-20(5,6)10-28-17/h12-15,26H,9-11H2,1-8H3/t13-,14-,15-/m1/s1. The Kier molecular flexibility index (Phi) is 4.40. The van der Waals surface area contributed by atoms with Crippen LogP contribution in [0.4, 0.5) is 0 Å². The molecule has 162 valence electrons. The first-order valence-corrected chi connectivity index (χ1v) is 10.7. The van der Waals surface area contributed by atoms with Crippen LogP contribution in [0.3, 0.4) is 0 Å². The largest absolute Gasteiger partial charge is 0.478 e. The second-order valence-electron chi connectivity index (χ2n) is 11.2. The third-order valence-corrected chi connectivity index (χ3v) is 6.22. The molecule has 0 aromatic rings. The molecule has 1 saturated carbocycles. The van der Waals surface area contributed by atoms with Gasteiger partial charge in [-0.2, -0.15) is 0 Å². The number of hydrogen-bond acceptors (Lipinski definition) is 7. The Hall–Kier alpha value is -1.63. The predicted molar refractivity (Wildman–Crippen MR) is 113 cm³/mol. The number of hydrogen-bond donors (Lipinski definition) is 1. The lowest BCUT2D eigenvalue weighted by Gasteiger charge is -2.27. The van der Waals surface area contributed by atoms with Crippen LogP contribution in [0.2, 0.25) is 0 Å². The van der Waals surface area contributed by atoms with Crippen molar-refractivity contribution in [2.24, 2.45) is 38.1 Å². The second-order valence-corrected chi connectivity index (χ2v) is 11.2. The van der Waals surface area contributed by atoms with E-state index in [1.165, 1.54) is 0 Å². The van der Waals surface area contributed by atoms with Gasteiger partial charge in [-0.3, -0.25) is 0 Å². The average molecular weight is 406 g/mol. The van der Waals surface area contributed by atoms with Crippen molar-refractivity contribution in [3.63, 3.8) is 0 Å². The van der Waals surface area contributed by atoms with Gasteiger partial charge in [-0.25, -0.2) is 15.0 Å². The number of ether oxygens (including phenoxy) is 3. The highest BCUT2D eigenvalue weighted by Crippen LogP contribution is 2.66. The lowest BCUT2D eigenvalue weighted by molar-refractivity contribution is 0.0615. The minimum Gasteiger partial charge on any atom is -0.478 e. The van der Waals surface area contributed by atoms with E-state index in [-0.39, 0.29) is 34.4 Å². The van der Waals surface area contributed by atoms with Crippen LogP contribution >= 0.6 is 0 Å². The van der Waals surface area contributed by atoms with Crippen LogP contribution in [0.1, 0.15) is 55.4 Å². The third-order valence-electron chi connectivity index (χ3n) is 6.22. The van der Waals surface area contributed by atoms with E-state index in [1.807, 2.05) is 27.7 Å². The van der Waals surface area contributed by atoms with Crippen LogP contribution in [0.5, 0.6) is 0 Å². The van der Waals surface area contributed by atoms with Crippen molar-refractivity contribution in [1.82, 2.24) is 0 Å². The van der Waals surface area contributed by atoms with Crippen molar-refractivity contribution < 1.29 is 19.3 Å². The highest BCUT2D eigenvalue weighted by atomic mass is 16.5. The number of rotatable bonds is 5. The summed E-state index contributed by atoms with van der Waals surface area (Å²) in [5.41, 5.74) is -1.66. The Morgan fingerprint density at radius 2 is 1.17 bits per heavy atom. The molecule has 0 unspecified atom stereocenters. The van der Waals surface area contributed by atoms with E-state index >= 15 is 0 Å². The molecule has 0 amide bonds. The quantitative estimate of drug-likeness (QED) is 0.762. The summed E-state index contributed by atoms with van der Waals surface area (Å²) >= 11 is 0. The molecule has 3 atom stereocenters. The van der Waals surface area contributed by atoms with Gasteiger partial charge in [-0.05, 0) is 47.5 Å². The first-order valence-electron chi connectivity index (χ1n) is 10.7. The zero-order chi connectivity index (χ0) is 21.4. The highest BCUT2D eigenvalue weighted by molar-refractivity contribution is 6.07. The minimum absolute atomic E-state index is 0.00235. The van der Waals surface area contributed by atoms with Crippen molar-refractivity contribution in [3.8, 4) is 0 Å². The lowest BCUT2D eigenvalue weighted by Crippen LogP contribution is -2.39. The minimum atomic E-state index is -0.763. The van der Waals surface area contributed by atoms with E-state index in [9.17, 15) is 5.11 Å². The van der Waals surface area contributed by atoms with Crippen molar-refractivity contribution >= 4 is 17.7 Å². The molecule has 4 rings (SSSR count). The monoisotopic (exact) mass is 405 g/mol. The van der Waals surface area contributed by atoms with Crippen LogP contribution in [0.15, 0.2) is 15.0 Å². The summed E-state index contributed by atoms with van der Waals surface area (Å²) in [6.07, 6.45) is -0.685. The topological polar surface area (TPSA) is 85.0 Å². The summed E-state index contributed by atoms with van der Waals surface area (Å²) in [5.74, 6) is 1.52. The zero-order valence-electron chi connectivity index (χ0n) is 18.9. The van der Waals surface area contributed by atoms with E-state index < -0.39 is 11.5 Å². The molecule has 7 heteroatoms. The summed E-state index contributed by atoms with van der Waals surface area (Å²) in [7, 11) is 0. The SMILES string of the molecule is CC(C)[C@@H](O)C1(C2=NC(C)(C)CO2)[C@@H](C2=NC(C)(C)CO2)[C@@H]1C1=NC(C)(C)CO1. The lowest BCUT2D eigenvalue weighted by atomic mass is 9.86. The van der Waals surface area contributed by atoms with Gasteiger partial charge in [0.2, 0.25) is 0 Å². The number of aliphatic hydroxyl groups excluding tert-OH is 1. The van der Waals surface area contributed by atoms with Crippen molar-refractivity contribution in [1.29, 1.82) is 0 Å². The Morgan fingerprint density at radius 1 is 0.759 bits per heavy atom. The van der Waals surface area contributed by atoms with Crippen LogP contribution in [-0.4, -0.2) is 65.3 Å². The Bertz CT molecular complexity index is 754. The summed E-state index contributed by atoms with van der Waals surface area (Å²) < 4.78 is 18.2. The molecule has 0 aromatic heterocycles. The molecule has 0 saturated heterocycles. The third kappa shape index (κ3) is 3.25. The van der Waals surface area contributed by atoms with Gasteiger partial charge in [0.25, 0.3) is 0 Å². The van der Waals surface area contributed by atoms with Crippen LogP contribution < -0.4 is 0 Å². The maximum Gasteiger partial charge on any atom is 0.194 e. The van der Waals surface area contributed by atoms with Gasteiger partial charge in [0.05, 0.1) is 40.0 Å². The van der Waals surface area contributed by atoms with E-state index in [0.717, 1.165) is 0 Å². The van der Waals surface area contributed by atoms with Crippen LogP contribution in [-0.2, 0) is 14.2 Å². The zero-order valence-corrected chi connectivity index (χ0v) is 18.9. The number of nitrogens with zero attached hydrogens (tertiary/aromatic N) is 3. The van der Waals surface area contributed by atoms with Gasteiger partial charge in [0.15, 0.2) is 17.7 Å². The first kappa shape index (κ1) is 20.6. The summed E-state index contributed by atoms with van der Waals surface area (Å²) in [4.78, 5) is 14.6. The maximum absolute atomic E-state index is 11.5. The number of aliphatic hydroxyl groups is 1. The van der Waals surface area contributed by atoms with Gasteiger partial charge >= 0.3 is 0 Å². The summed E-state index contributed by atoms with van der Waals surface area (Å²) in [6, 6.07) is 0. The van der Waals surface area contributed by atoms with Crippen molar-refractivity contribution in [3.05, 3.63) is 0 Å². The van der Waals surface area contributed by atoms with Crippen molar-refractivity contribution in [2.75, 3.05) is 19.8 Å². The highest BCUT2D eigenvalue weighted by Gasteiger charge is 2.79. The molecule has 0 radical (unpaired) electrons. The van der Waals surface area contributed by atoms with E-state index in [0.29, 0.717) is 37.5 Å². The van der Waals surface area contributed by atoms with Crippen LogP contribution in [0.25, 0.3) is 0 Å². The predicted octanol–water partition coefficient (Wildman–Crippen LogP) is 2.86. The van der Waals surface area contributed by atoms with Gasteiger partial charge < -0.3 is 19.3 Å². The molecular formula is C22H35N3O4. The fraction of sp³-hybridized carbons (Fsp3) is 0.864. The van der Waals surface area contributed by atoms with Gasteiger partial charge in [-0.1, -0.05) is 13.8 Å². The molecule has 1 aliphatic carbocycles. The molecule has 0 spiro atoms. The maximum atomic E-state index is 11.5. The van der Waals surface area contributed by atoms with E-state index in [4.69, 9.17) is 29.2 Å². The molecule has 0 aromatic carbocycles. The normalized spacial score (nSPS) is 37.2. The first-order chi connectivity index (χ1) is 13.3. The summed E-state index contributed by atoms with van der Waals surface area (Å²) in [5, 5.41) is 11.5. The smallest absolute Gasteiger partial charge is 0.194 e. The number of aliphatic imine (C=N–C) groups is 3. The van der Waals surface area contributed by atoms with E-state index in [2.05, 4.69) is 27.7 Å². The van der Waals surface area contributed by atoms with Crippen LogP contribution in [0, 0.1) is 23.2 Å². The Morgan fingerprint density at radius 3 is 1.48 bits per heavy atom. The van der Waals surface area contributed by atoms with E-state index in [1.54, 1.807) is 0 Å². The molecule has 7 nitrogen and oxygen atoms in total.